The van der Waals surface area contributed by atoms with Gasteiger partial charge in [0.25, 0.3) is 5.91 Å². The number of para-hydroxylation sites is 1. The Morgan fingerprint density at radius 3 is 1.91 bits per heavy atom. The highest BCUT2D eigenvalue weighted by atomic mass is 16.6. The number of anilines is 1. The van der Waals surface area contributed by atoms with E-state index in [1.54, 1.807) is 25.7 Å². The lowest BCUT2D eigenvalue weighted by Gasteiger charge is -2.36. The van der Waals surface area contributed by atoms with E-state index in [9.17, 15) is 19.2 Å². The number of carbonyl (C=O) groups is 4. The summed E-state index contributed by atoms with van der Waals surface area (Å²) in [5.41, 5.74) is 9.64. The predicted molar refractivity (Wildman–Crippen MR) is 180 cm³/mol. The molecule has 0 bridgehead atoms. The van der Waals surface area contributed by atoms with Crippen LogP contribution in [0.5, 0.6) is 0 Å². The summed E-state index contributed by atoms with van der Waals surface area (Å²) in [5.74, 6) is -1.42. The van der Waals surface area contributed by atoms with E-state index in [0.717, 1.165) is 59.9 Å². The molecule has 2 aromatic carbocycles. The molecule has 2 atom stereocenters. The van der Waals surface area contributed by atoms with Crippen LogP contribution in [0.3, 0.4) is 0 Å². The number of nitrogens with one attached hydrogen (secondary N) is 2. The van der Waals surface area contributed by atoms with Crippen LogP contribution in [0.15, 0.2) is 36.4 Å². The SMILES string of the molecule is CCCCCCCCN(C(=O)C(CCC(N)=O)NC(=O)OC(C)(C)C)C(C(=O)Nc1c(C)cccc1C)c1c(C)cccc1C. The number of amides is 4. The maximum atomic E-state index is 14.6. The van der Waals surface area contributed by atoms with E-state index in [0.29, 0.717) is 12.1 Å². The Balaban J connectivity index is 2.64. The standard InChI is InChI=1S/C36H54N4O5/c1-9-10-11-12-13-14-23-40(34(43)28(21-22-29(37)41)38-35(44)45-36(6,7)8)32(30-24(2)17-15-18-25(30)3)33(42)39-31-26(4)19-16-20-27(31)5/h15-20,28,32H,9-14,21-23H2,1-8H3,(H2,37,41)(H,38,44)(H,39,42). The molecule has 2 unspecified atom stereocenters. The molecule has 0 aromatic heterocycles. The van der Waals surface area contributed by atoms with Crippen molar-refractivity contribution in [2.24, 2.45) is 5.73 Å². The fourth-order valence-corrected chi connectivity index (χ4v) is 5.51. The number of carbonyl (C=O) groups excluding carboxylic acids is 4. The quantitative estimate of drug-likeness (QED) is 0.174. The first kappa shape index (κ1) is 37.3. The van der Waals surface area contributed by atoms with Crippen LogP contribution in [0.4, 0.5) is 10.5 Å². The van der Waals surface area contributed by atoms with E-state index >= 15 is 0 Å². The summed E-state index contributed by atoms with van der Waals surface area (Å²) < 4.78 is 5.46. The molecular formula is C36H54N4O5. The number of benzene rings is 2. The average molecular weight is 623 g/mol. The number of primary amides is 1. The molecule has 0 aliphatic rings. The third kappa shape index (κ3) is 11.9. The summed E-state index contributed by atoms with van der Waals surface area (Å²) in [6.07, 6.45) is 4.98. The van der Waals surface area contributed by atoms with Gasteiger partial charge in [-0.25, -0.2) is 4.79 Å². The number of unbranched alkanes of at least 4 members (excludes halogenated alkanes) is 5. The summed E-state index contributed by atoms with van der Waals surface area (Å²) in [4.78, 5) is 55.3. The number of nitrogens with zero attached hydrogens (tertiary/aromatic N) is 1. The van der Waals surface area contributed by atoms with Crippen LogP contribution in [0.1, 0.15) is 113 Å². The van der Waals surface area contributed by atoms with Crippen molar-refractivity contribution in [1.29, 1.82) is 0 Å². The van der Waals surface area contributed by atoms with Gasteiger partial charge in [0.1, 0.15) is 17.7 Å². The number of ether oxygens (including phenoxy) is 1. The normalized spacial score (nSPS) is 12.6. The third-order valence-corrected chi connectivity index (χ3v) is 7.81. The Labute approximate surface area is 269 Å². The molecule has 0 saturated carbocycles. The molecule has 2 rings (SSSR count). The summed E-state index contributed by atoms with van der Waals surface area (Å²) >= 11 is 0. The zero-order valence-corrected chi connectivity index (χ0v) is 28.5. The summed E-state index contributed by atoms with van der Waals surface area (Å²) in [7, 11) is 0. The Morgan fingerprint density at radius 2 is 1.38 bits per heavy atom. The van der Waals surface area contributed by atoms with E-state index < -0.39 is 35.6 Å². The smallest absolute Gasteiger partial charge is 0.408 e. The Morgan fingerprint density at radius 1 is 0.844 bits per heavy atom. The summed E-state index contributed by atoms with van der Waals surface area (Å²) in [5, 5.41) is 5.81. The van der Waals surface area contributed by atoms with Crippen LogP contribution in [0.2, 0.25) is 0 Å². The van der Waals surface area contributed by atoms with Crippen LogP contribution < -0.4 is 16.4 Å². The zero-order chi connectivity index (χ0) is 33.7. The lowest BCUT2D eigenvalue weighted by molar-refractivity contribution is -0.141. The van der Waals surface area contributed by atoms with Crippen molar-refractivity contribution in [3.63, 3.8) is 0 Å². The van der Waals surface area contributed by atoms with Crippen molar-refractivity contribution in [2.45, 2.75) is 124 Å². The molecule has 4 N–H and O–H groups in total. The van der Waals surface area contributed by atoms with Gasteiger partial charge in [-0.1, -0.05) is 75.4 Å². The highest BCUT2D eigenvalue weighted by molar-refractivity contribution is 6.00. The van der Waals surface area contributed by atoms with E-state index in [-0.39, 0.29) is 25.3 Å². The highest BCUT2D eigenvalue weighted by Gasteiger charge is 2.37. The lowest BCUT2D eigenvalue weighted by atomic mass is 9.92. The molecule has 0 aliphatic carbocycles. The number of alkyl carbamates (subject to hydrolysis) is 1. The fraction of sp³-hybridized carbons (Fsp3) is 0.556. The van der Waals surface area contributed by atoms with Crippen LogP contribution in [-0.4, -0.2) is 46.9 Å². The highest BCUT2D eigenvalue weighted by Crippen LogP contribution is 2.31. The van der Waals surface area contributed by atoms with E-state index in [2.05, 4.69) is 17.6 Å². The zero-order valence-electron chi connectivity index (χ0n) is 28.5. The van der Waals surface area contributed by atoms with Crippen LogP contribution >= 0.6 is 0 Å². The van der Waals surface area contributed by atoms with Gasteiger partial charge < -0.3 is 26.0 Å². The summed E-state index contributed by atoms with van der Waals surface area (Å²) in [6.45, 7) is 15.4. The van der Waals surface area contributed by atoms with Crippen LogP contribution in [-0.2, 0) is 19.1 Å². The first-order valence-corrected chi connectivity index (χ1v) is 16.2. The molecule has 9 heteroatoms. The number of hydrogen-bond donors (Lipinski definition) is 3. The van der Waals surface area contributed by atoms with Crippen LogP contribution in [0, 0.1) is 27.7 Å². The average Bonchev–Trinajstić information content (AvgIpc) is 2.94. The van der Waals surface area contributed by atoms with Gasteiger partial charge in [0.15, 0.2) is 0 Å². The number of nitrogens with two attached hydrogens (primary N) is 1. The molecule has 2 aromatic rings. The maximum Gasteiger partial charge on any atom is 0.408 e. The second kappa shape index (κ2) is 17.6. The van der Waals surface area contributed by atoms with Gasteiger partial charge in [-0.2, -0.15) is 0 Å². The largest absolute Gasteiger partial charge is 0.444 e. The Bertz CT molecular complexity index is 1280. The fourth-order valence-electron chi connectivity index (χ4n) is 5.51. The Kier molecular flexibility index (Phi) is 14.6. The number of hydrogen-bond acceptors (Lipinski definition) is 5. The molecule has 248 valence electrons. The molecule has 9 nitrogen and oxygen atoms in total. The second-order valence-corrected chi connectivity index (χ2v) is 13.0. The molecule has 0 fully saturated rings. The second-order valence-electron chi connectivity index (χ2n) is 13.0. The molecule has 0 radical (unpaired) electrons. The number of aryl methyl sites for hydroxylation is 4. The van der Waals surface area contributed by atoms with Crippen molar-refractivity contribution in [3.8, 4) is 0 Å². The topological polar surface area (TPSA) is 131 Å². The van der Waals surface area contributed by atoms with Crippen molar-refractivity contribution in [1.82, 2.24) is 10.2 Å². The van der Waals surface area contributed by atoms with Crippen molar-refractivity contribution >= 4 is 29.5 Å². The molecule has 45 heavy (non-hydrogen) atoms. The van der Waals surface area contributed by atoms with Gasteiger partial charge in [-0.05, 0) is 89.1 Å². The minimum atomic E-state index is -1.13. The monoisotopic (exact) mass is 622 g/mol. The maximum absolute atomic E-state index is 14.6. The van der Waals surface area contributed by atoms with Gasteiger partial charge in [-0.15, -0.1) is 0 Å². The molecule has 0 heterocycles. The first-order valence-electron chi connectivity index (χ1n) is 16.2. The van der Waals surface area contributed by atoms with Crippen molar-refractivity contribution < 1.29 is 23.9 Å². The Hall–Kier alpha value is -3.88. The van der Waals surface area contributed by atoms with E-state index in [1.165, 1.54) is 0 Å². The number of rotatable bonds is 16. The molecule has 0 aliphatic heterocycles. The van der Waals surface area contributed by atoms with Gasteiger partial charge in [-0.3, -0.25) is 14.4 Å². The van der Waals surface area contributed by atoms with Gasteiger partial charge in [0.2, 0.25) is 11.8 Å². The van der Waals surface area contributed by atoms with Crippen molar-refractivity contribution in [2.75, 3.05) is 11.9 Å². The molecule has 0 saturated heterocycles. The minimum Gasteiger partial charge on any atom is -0.444 e. The molecular weight excluding hydrogens is 568 g/mol. The third-order valence-electron chi connectivity index (χ3n) is 7.81. The predicted octanol–water partition coefficient (Wildman–Crippen LogP) is 6.95. The van der Waals surface area contributed by atoms with Gasteiger partial charge in [0, 0.05) is 18.7 Å². The lowest BCUT2D eigenvalue weighted by Crippen LogP contribution is -2.53. The van der Waals surface area contributed by atoms with Crippen LogP contribution in [0.25, 0.3) is 0 Å². The van der Waals surface area contributed by atoms with E-state index in [4.69, 9.17) is 10.5 Å². The minimum absolute atomic E-state index is 0.0294. The van der Waals surface area contributed by atoms with Gasteiger partial charge in [0.05, 0.1) is 0 Å². The van der Waals surface area contributed by atoms with Gasteiger partial charge >= 0.3 is 6.09 Å². The van der Waals surface area contributed by atoms with Crippen molar-refractivity contribution in [3.05, 3.63) is 64.2 Å². The van der Waals surface area contributed by atoms with E-state index in [1.807, 2.05) is 64.1 Å². The summed E-state index contributed by atoms with van der Waals surface area (Å²) in [6, 6.07) is 9.45. The molecule has 0 spiro atoms. The molecule has 4 amide bonds. The first-order chi connectivity index (χ1) is 21.2.